The summed E-state index contributed by atoms with van der Waals surface area (Å²) in [6.07, 6.45) is 4.58. The summed E-state index contributed by atoms with van der Waals surface area (Å²) in [5.41, 5.74) is 0.0344. The van der Waals surface area contributed by atoms with E-state index in [0.29, 0.717) is 0 Å². The number of hydrogen-bond acceptors (Lipinski definition) is 7. The normalized spacial score (nSPS) is 21.1. The molecule has 1 amide bonds. The number of carbonyl (C=O) groups is 1. The second kappa shape index (κ2) is 8.15. The molecule has 10 nitrogen and oxygen atoms in total. The first-order chi connectivity index (χ1) is 14.7. The Morgan fingerprint density at radius 3 is 2.68 bits per heavy atom. The van der Waals surface area contributed by atoms with E-state index in [4.69, 9.17) is 4.74 Å². The summed E-state index contributed by atoms with van der Waals surface area (Å²) in [4.78, 5) is 13.8. The second-order valence-electron chi connectivity index (χ2n) is 6.93. The van der Waals surface area contributed by atoms with Gasteiger partial charge in [0.25, 0.3) is 15.9 Å². The zero-order valence-electron chi connectivity index (χ0n) is 16.2. The van der Waals surface area contributed by atoms with Crippen LogP contribution in [0, 0.1) is 5.82 Å². The molecule has 0 aromatic heterocycles. The van der Waals surface area contributed by atoms with Crippen LogP contribution in [-0.2, 0) is 29.6 Å². The van der Waals surface area contributed by atoms with Gasteiger partial charge in [-0.15, -0.1) is 4.40 Å². The van der Waals surface area contributed by atoms with Crippen LogP contribution in [0.25, 0.3) is 0 Å². The van der Waals surface area contributed by atoms with E-state index < -0.39 is 36.7 Å². The van der Waals surface area contributed by atoms with Crippen molar-refractivity contribution in [3.05, 3.63) is 47.9 Å². The number of rotatable bonds is 4. The minimum atomic E-state index is -4.12. The minimum absolute atomic E-state index is 0.00677. The molecule has 0 radical (unpaired) electrons. The highest BCUT2D eigenvalue weighted by Crippen LogP contribution is 2.25. The van der Waals surface area contributed by atoms with E-state index in [0.717, 1.165) is 16.4 Å². The van der Waals surface area contributed by atoms with Crippen molar-refractivity contribution < 1.29 is 30.8 Å². The highest BCUT2D eigenvalue weighted by molar-refractivity contribution is 7.90. The Bertz CT molecular complexity index is 1220. The molecule has 3 aliphatic rings. The molecule has 0 spiro atoms. The number of hydrogen-bond donors (Lipinski definition) is 1. The molecule has 0 aliphatic carbocycles. The number of fused-ring (bicyclic) bond motifs is 1. The Hall–Kier alpha value is -2.61. The molecular weight excluding hydrogens is 451 g/mol. The quantitative estimate of drug-likeness (QED) is 0.670. The molecule has 1 N–H and O–H groups in total. The summed E-state index contributed by atoms with van der Waals surface area (Å²) in [5, 5.41) is 2.50. The number of anilines is 1. The van der Waals surface area contributed by atoms with E-state index in [-0.39, 0.29) is 55.7 Å². The summed E-state index contributed by atoms with van der Waals surface area (Å²) in [7, 11) is -7.81. The van der Waals surface area contributed by atoms with Crippen molar-refractivity contribution in [2.45, 2.75) is 4.90 Å². The molecule has 3 aliphatic heterocycles. The molecule has 4 rings (SSSR count). The van der Waals surface area contributed by atoms with Crippen LogP contribution in [0.2, 0.25) is 0 Å². The van der Waals surface area contributed by atoms with Crippen LogP contribution in [0.3, 0.4) is 0 Å². The third-order valence-electron chi connectivity index (χ3n) is 4.88. The highest BCUT2D eigenvalue weighted by atomic mass is 32.2. The lowest BCUT2D eigenvalue weighted by Gasteiger charge is -2.28. The number of halogens is 1. The van der Waals surface area contributed by atoms with Gasteiger partial charge in [0.2, 0.25) is 10.0 Å². The number of nitrogens with zero attached hydrogens (tertiary/aromatic N) is 3. The van der Waals surface area contributed by atoms with Gasteiger partial charge < -0.3 is 15.0 Å². The molecule has 1 saturated heterocycles. The van der Waals surface area contributed by atoms with Gasteiger partial charge in [0, 0.05) is 31.5 Å². The number of amides is 1. The Kier molecular flexibility index (Phi) is 5.68. The molecule has 31 heavy (non-hydrogen) atoms. The molecule has 1 aromatic rings. The summed E-state index contributed by atoms with van der Waals surface area (Å²) in [6, 6.07) is 3.21. The predicted molar refractivity (Wildman–Crippen MR) is 110 cm³/mol. The van der Waals surface area contributed by atoms with Crippen LogP contribution >= 0.6 is 0 Å². The van der Waals surface area contributed by atoms with E-state index >= 15 is 0 Å². The third-order valence-corrected chi connectivity index (χ3v) is 7.94. The molecular formula is C18H19FN4O6S2. The number of carbonyl (C=O) groups excluding carboxylic acids is 1. The molecule has 1 fully saturated rings. The van der Waals surface area contributed by atoms with Gasteiger partial charge in [-0.25, -0.2) is 21.2 Å². The summed E-state index contributed by atoms with van der Waals surface area (Å²) >= 11 is 0. The van der Waals surface area contributed by atoms with E-state index in [9.17, 15) is 26.0 Å². The molecule has 13 heteroatoms. The maximum absolute atomic E-state index is 14.4. The van der Waals surface area contributed by atoms with Gasteiger partial charge in [0.15, 0.2) is 5.84 Å². The van der Waals surface area contributed by atoms with Crippen LogP contribution in [0.1, 0.15) is 0 Å². The van der Waals surface area contributed by atoms with Gasteiger partial charge in [-0.3, -0.25) is 4.79 Å². The van der Waals surface area contributed by atoms with E-state index in [1.807, 2.05) is 0 Å². The van der Waals surface area contributed by atoms with Crippen molar-refractivity contribution in [3.63, 3.8) is 0 Å². The lowest BCUT2D eigenvalue weighted by Crippen LogP contribution is -2.41. The molecule has 1 aromatic carbocycles. The molecule has 0 unspecified atom stereocenters. The zero-order chi connectivity index (χ0) is 22.2. The SMILES string of the molecule is O=C(Nc1ccc(F)c(S(=O)(=O)N2CCOCC2)c1)C1=CC=CN2CCS(=O)(=O)N=C12. The van der Waals surface area contributed by atoms with Crippen LogP contribution in [-0.4, -0.2) is 76.4 Å². The zero-order valence-corrected chi connectivity index (χ0v) is 17.8. The number of allylic oxidation sites excluding steroid dienone is 2. The maximum atomic E-state index is 14.4. The van der Waals surface area contributed by atoms with E-state index in [2.05, 4.69) is 9.71 Å². The standard InChI is InChI=1S/C18H19FN4O6S2/c19-15-4-3-13(12-16(15)31(27,28)23-6-9-29-10-7-23)20-18(24)14-2-1-5-22-8-11-30(25,26)21-17(14)22/h1-5,12H,6-11H2,(H,20,24). The number of sulfonamides is 2. The monoisotopic (exact) mass is 470 g/mol. The topological polar surface area (TPSA) is 125 Å². The largest absolute Gasteiger partial charge is 0.379 e. The van der Waals surface area contributed by atoms with Crippen LogP contribution in [0.5, 0.6) is 0 Å². The van der Waals surface area contributed by atoms with Gasteiger partial charge in [0.05, 0.1) is 24.5 Å². The number of amidine groups is 1. The van der Waals surface area contributed by atoms with Gasteiger partial charge in [-0.05, 0) is 30.4 Å². The summed E-state index contributed by atoms with van der Waals surface area (Å²) in [5.74, 6) is -1.84. The fraction of sp³-hybridized carbons (Fsp3) is 0.333. The van der Waals surface area contributed by atoms with E-state index in [1.165, 1.54) is 17.0 Å². The maximum Gasteiger partial charge on any atom is 0.259 e. The average molecular weight is 471 g/mol. The fourth-order valence-electron chi connectivity index (χ4n) is 3.30. The van der Waals surface area contributed by atoms with Crippen molar-refractivity contribution in [1.29, 1.82) is 0 Å². The number of benzene rings is 1. The average Bonchev–Trinajstić information content (AvgIpc) is 2.74. The van der Waals surface area contributed by atoms with E-state index in [1.54, 1.807) is 12.3 Å². The fourth-order valence-corrected chi connectivity index (χ4v) is 5.78. The number of nitrogens with one attached hydrogen (secondary N) is 1. The van der Waals surface area contributed by atoms with Gasteiger partial charge in [-0.1, -0.05) is 0 Å². The highest BCUT2D eigenvalue weighted by Gasteiger charge is 2.31. The van der Waals surface area contributed by atoms with Crippen molar-refractivity contribution in [1.82, 2.24) is 9.21 Å². The van der Waals surface area contributed by atoms with Crippen LogP contribution in [0.15, 0.2) is 51.4 Å². The number of ether oxygens (including phenoxy) is 1. The van der Waals surface area contributed by atoms with Gasteiger partial charge >= 0.3 is 0 Å². The molecule has 0 bridgehead atoms. The molecule has 0 atom stereocenters. The molecule has 3 heterocycles. The molecule has 0 saturated carbocycles. The van der Waals surface area contributed by atoms with Crippen LogP contribution < -0.4 is 5.32 Å². The van der Waals surface area contributed by atoms with Crippen molar-refractivity contribution in [3.8, 4) is 0 Å². The minimum Gasteiger partial charge on any atom is -0.379 e. The molecule has 166 valence electrons. The van der Waals surface area contributed by atoms with Crippen molar-refractivity contribution >= 4 is 37.5 Å². The van der Waals surface area contributed by atoms with Crippen molar-refractivity contribution in [2.24, 2.45) is 4.40 Å². The lowest BCUT2D eigenvalue weighted by molar-refractivity contribution is -0.112. The smallest absolute Gasteiger partial charge is 0.259 e. The first-order valence-corrected chi connectivity index (χ1v) is 12.4. The first kappa shape index (κ1) is 21.6. The lowest BCUT2D eigenvalue weighted by atomic mass is 10.1. The Morgan fingerprint density at radius 2 is 1.94 bits per heavy atom. The predicted octanol–water partition coefficient (Wildman–Crippen LogP) is 0.283. The second-order valence-corrected chi connectivity index (χ2v) is 10.6. The van der Waals surface area contributed by atoms with Crippen molar-refractivity contribution in [2.75, 3.05) is 43.9 Å². The Labute approximate surface area is 178 Å². The number of morpholine rings is 1. The summed E-state index contributed by atoms with van der Waals surface area (Å²) < 4.78 is 73.6. The first-order valence-electron chi connectivity index (χ1n) is 9.34. The Balaban J connectivity index is 1.61. The van der Waals surface area contributed by atoms with Gasteiger partial charge in [-0.2, -0.15) is 4.31 Å². The van der Waals surface area contributed by atoms with Gasteiger partial charge in [0.1, 0.15) is 10.7 Å². The Morgan fingerprint density at radius 1 is 1.19 bits per heavy atom. The summed E-state index contributed by atoms with van der Waals surface area (Å²) in [6.45, 7) is 0.769. The van der Waals surface area contributed by atoms with Crippen LogP contribution in [0.4, 0.5) is 10.1 Å². The third kappa shape index (κ3) is 4.39.